The minimum atomic E-state index is -3.08. The van der Waals surface area contributed by atoms with Crippen LogP contribution in [0.25, 0.3) is 44.8 Å². The highest BCUT2D eigenvalue weighted by Crippen LogP contribution is 2.45. The SMILES string of the molecule is O=P(c1ccccc1)(c1ccc(-c2cc3c4c(ccc5c4c2CC=C5)CC=C3)cc1)c1ccc2ccccc2c1. The maximum Gasteiger partial charge on any atom is 0.171 e. The number of rotatable bonds is 4. The Hall–Kier alpha value is -4.45. The van der Waals surface area contributed by atoms with Crippen molar-refractivity contribution in [3.05, 3.63) is 150 Å². The van der Waals surface area contributed by atoms with Crippen molar-refractivity contribution in [1.29, 1.82) is 0 Å². The molecule has 2 heteroatoms. The van der Waals surface area contributed by atoms with Crippen LogP contribution in [0.3, 0.4) is 0 Å². The molecule has 2 aliphatic rings. The quantitative estimate of drug-likeness (QED) is 0.209. The van der Waals surface area contributed by atoms with E-state index in [2.05, 4.69) is 91.0 Å². The van der Waals surface area contributed by atoms with Gasteiger partial charge in [-0.25, -0.2) is 0 Å². The Kier molecular flexibility index (Phi) is 5.30. The van der Waals surface area contributed by atoms with Crippen LogP contribution >= 0.6 is 7.14 Å². The molecule has 0 fully saturated rings. The van der Waals surface area contributed by atoms with E-state index in [-0.39, 0.29) is 0 Å². The van der Waals surface area contributed by atoms with Gasteiger partial charge in [0.15, 0.2) is 7.14 Å². The first-order chi connectivity index (χ1) is 19.7. The van der Waals surface area contributed by atoms with Crippen LogP contribution in [0.2, 0.25) is 0 Å². The average Bonchev–Trinajstić information content (AvgIpc) is 3.03. The summed E-state index contributed by atoms with van der Waals surface area (Å²) in [7, 11) is -3.08. The van der Waals surface area contributed by atoms with E-state index in [1.54, 1.807) is 0 Å². The normalized spacial score (nSPS) is 14.9. The fraction of sp³-hybridized carbons (Fsp3) is 0.0526. The molecule has 0 aliphatic heterocycles. The van der Waals surface area contributed by atoms with E-state index < -0.39 is 7.14 Å². The number of hydrogen-bond donors (Lipinski definition) is 0. The Morgan fingerprint density at radius 3 is 2.08 bits per heavy atom. The first-order valence-electron chi connectivity index (χ1n) is 13.9. The van der Waals surface area contributed by atoms with E-state index in [1.807, 2.05) is 48.5 Å². The van der Waals surface area contributed by atoms with Gasteiger partial charge in [-0.1, -0.05) is 127 Å². The number of fused-ring (bicyclic) bond motifs is 1. The molecular formula is C38H27OP. The second-order valence-electron chi connectivity index (χ2n) is 10.8. The first kappa shape index (κ1) is 23.4. The van der Waals surface area contributed by atoms with E-state index in [9.17, 15) is 0 Å². The zero-order valence-corrected chi connectivity index (χ0v) is 22.9. The van der Waals surface area contributed by atoms with Crippen LogP contribution < -0.4 is 15.9 Å². The molecule has 1 nitrogen and oxygen atoms in total. The molecule has 0 N–H and O–H groups in total. The largest absolute Gasteiger partial charge is 0.309 e. The second-order valence-corrected chi connectivity index (χ2v) is 13.6. The Morgan fingerprint density at radius 1 is 0.525 bits per heavy atom. The minimum Gasteiger partial charge on any atom is -0.309 e. The van der Waals surface area contributed by atoms with Gasteiger partial charge in [-0.15, -0.1) is 0 Å². The highest BCUT2D eigenvalue weighted by molar-refractivity contribution is 7.85. The predicted octanol–water partition coefficient (Wildman–Crippen LogP) is 8.44. The van der Waals surface area contributed by atoms with Crippen molar-refractivity contribution < 1.29 is 4.57 Å². The highest BCUT2D eigenvalue weighted by atomic mass is 31.2. The van der Waals surface area contributed by atoms with Gasteiger partial charge >= 0.3 is 0 Å². The van der Waals surface area contributed by atoms with Gasteiger partial charge in [-0.05, 0) is 79.9 Å². The maximum absolute atomic E-state index is 15.2. The van der Waals surface area contributed by atoms with Gasteiger partial charge in [-0.3, -0.25) is 0 Å². The van der Waals surface area contributed by atoms with Crippen molar-refractivity contribution in [3.8, 4) is 11.1 Å². The van der Waals surface area contributed by atoms with E-state index in [1.165, 1.54) is 44.2 Å². The summed E-state index contributed by atoms with van der Waals surface area (Å²) in [5.41, 5.74) is 7.84. The number of allylic oxidation sites excluding steroid dienone is 2. The van der Waals surface area contributed by atoms with E-state index in [0.717, 1.165) is 39.5 Å². The zero-order chi connectivity index (χ0) is 26.7. The Bertz CT molecular complexity index is 2060. The minimum absolute atomic E-state index is 0.857. The highest BCUT2D eigenvalue weighted by Gasteiger charge is 2.30. The number of benzene rings is 6. The smallest absolute Gasteiger partial charge is 0.171 e. The Morgan fingerprint density at radius 2 is 1.23 bits per heavy atom. The summed E-state index contributed by atoms with van der Waals surface area (Å²) in [5, 5.41) is 7.64. The predicted molar refractivity (Wildman–Crippen MR) is 172 cm³/mol. The van der Waals surface area contributed by atoms with Gasteiger partial charge in [-0.2, -0.15) is 0 Å². The van der Waals surface area contributed by atoms with E-state index in [4.69, 9.17) is 0 Å². The van der Waals surface area contributed by atoms with Crippen LogP contribution in [0.15, 0.2) is 127 Å². The van der Waals surface area contributed by atoms with Crippen molar-refractivity contribution in [2.45, 2.75) is 12.8 Å². The fourth-order valence-electron chi connectivity index (χ4n) is 6.60. The lowest BCUT2D eigenvalue weighted by Crippen LogP contribution is -2.25. The molecule has 6 aromatic rings. The molecule has 0 amide bonds. The molecule has 2 aliphatic carbocycles. The van der Waals surface area contributed by atoms with Crippen LogP contribution in [-0.2, 0) is 17.4 Å². The van der Waals surface area contributed by atoms with Crippen LogP contribution in [0.1, 0.15) is 22.3 Å². The molecule has 0 radical (unpaired) electrons. The maximum atomic E-state index is 15.2. The van der Waals surface area contributed by atoms with Gasteiger partial charge in [0.1, 0.15) is 0 Å². The van der Waals surface area contributed by atoms with E-state index in [0.29, 0.717) is 0 Å². The summed E-state index contributed by atoms with van der Waals surface area (Å²) >= 11 is 0. The van der Waals surface area contributed by atoms with Crippen molar-refractivity contribution in [1.82, 2.24) is 0 Å². The summed E-state index contributed by atoms with van der Waals surface area (Å²) in [6, 6.07) is 39.9. The summed E-state index contributed by atoms with van der Waals surface area (Å²) < 4.78 is 15.2. The lowest BCUT2D eigenvalue weighted by atomic mass is 9.81. The molecule has 0 saturated carbocycles. The summed E-state index contributed by atoms with van der Waals surface area (Å²) in [5.74, 6) is 0. The second kappa shape index (κ2) is 9.05. The van der Waals surface area contributed by atoms with Gasteiger partial charge in [0.25, 0.3) is 0 Å². The van der Waals surface area contributed by atoms with Gasteiger partial charge in [0, 0.05) is 15.9 Å². The summed E-state index contributed by atoms with van der Waals surface area (Å²) in [6.45, 7) is 0. The number of hydrogen-bond acceptors (Lipinski definition) is 1. The fourth-order valence-corrected chi connectivity index (χ4v) is 9.26. The lowest BCUT2D eigenvalue weighted by molar-refractivity contribution is 0.592. The van der Waals surface area contributed by atoms with Gasteiger partial charge in [0.2, 0.25) is 0 Å². The lowest BCUT2D eigenvalue weighted by Gasteiger charge is -2.24. The van der Waals surface area contributed by atoms with E-state index >= 15 is 4.57 Å². The molecule has 8 rings (SSSR count). The van der Waals surface area contributed by atoms with Gasteiger partial charge in [0.05, 0.1) is 0 Å². The third-order valence-corrected chi connectivity index (χ3v) is 11.6. The van der Waals surface area contributed by atoms with Gasteiger partial charge < -0.3 is 4.57 Å². The molecule has 0 spiro atoms. The average molecular weight is 531 g/mol. The topological polar surface area (TPSA) is 17.1 Å². The molecule has 1 unspecified atom stereocenters. The van der Waals surface area contributed by atoms with Crippen LogP contribution in [0.5, 0.6) is 0 Å². The molecular weight excluding hydrogens is 503 g/mol. The molecule has 6 aromatic carbocycles. The Balaban J connectivity index is 1.30. The van der Waals surface area contributed by atoms with Crippen LogP contribution in [-0.4, -0.2) is 0 Å². The standard InChI is InChI=1S/C38H27OP/c39-40(32-13-2-1-3-14-32,34-23-18-26-8-4-5-9-30(26)24-34)33-21-19-27(20-22-33)36-25-31-12-6-10-28-16-17-29-11-7-15-35(36)38(29)37(28)31/h1-9,11-14,16-25H,10,15H2. The molecule has 0 heterocycles. The Labute approximate surface area is 234 Å². The molecule has 190 valence electrons. The third-order valence-electron chi connectivity index (χ3n) is 8.55. The van der Waals surface area contributed by atoms with Crippen molar-refractivity contribution in [2.24, 2.45) is 0 Å². The van der Waals surface area contributed by atoms with Crippen molar-refractivity contribution >= 4 is 56.8 Å². The monoisotopic (exact) mass is 530 g/mol. The first-order valence-corrected chi connectivity index (χ1v) is 15.6. The zero-order valence-electron chi connectivity index (χ0n) is 22.0. The molecule has 0 bridgehead atoms. The summed E-state index contributed by atoms with van der Waals surface area (Å²) in [6.07, 6.45) is 11.0. The summed E-state index contributed by atoms with van der Waals surface area (Å²) in [4.78, 5) is 0. The molecule has 40 heavy (non-hydrogen) atoms. The van der Waals surface area contributed by atoms with Crippen molar-refractivity contribution in [3.63, 3.8) is 0 Å². The van der Waals surface area contributed by atoms with Crippen LogP contribution in [0.4, 0.5) is 0 Å². The molecule has 1 atom stereocenters. The molecule has 0 aromatic heterocycles. The van der Waals surface area contributed by atoms with Crippen molar-refractivity contribution in [2.75, 3.05) is 0 Å². The third kappa shape index (κ3) is 3.52. The molecule has 0 saturated heterocycles. The van der Waals surface area contributed by atoms with Crippen LogP contribution in [0, 0.1) is 0 Å².